The Morgan fingerprint density at radius 3 is 2.80 bits per heavy atom. The van der Waals surface area contributed by atoms with Gasteiger partial charge in [-0.1, -0.05) is 24.4 Å². The Balaban J connectivity index is 2.97. The highest BCUT2D eigenvalue weighted by Gasteiger charge is 2.30. The minimum atomic E-state index is -3.09. The summed E-state index contributed by atoms with van der Waals surface area (Å²) in [6.45, 7) is 3.13. The van der Waals surface area contributed by atoms with Crippen LogP contribution in [0.25, 0.3) is 0 Å². The van der Waals surface area contributed by atoms with E-state index in [1.54, 1.807) is 6.92 Å². The van der Waals surface area contributed by atoms with Gasteiger partial charge in [-0.25, -0.2) is 4.39 Å². The Bertz CT molecular complexity index is 573. The average molecular weight is 320 g/mol. The summed E-state index contributed by atoms with van der Waals surface area (Å²) >= 11 is 5.87. The summed E-state index contributed by atoms with van der Waals surface area (Å²) in [5.74, 6) is 1.03. The van der Waals surface area contributed by atoms with E-state index in [-0.39, 0.29) is 23.1 Å². The molecule has 0 bridgehead atoms. The lowest BCUT2D eigenvalue weighted by Gasteiger charge is -2.24. The second-order valence-corrected chi connectivity index (χ2v) is 7.23. The largest absolute Gasteiger partial charge is 0.479 e. The highest BCUT2D eigenvalue weighted by atomic mass is 35.5. The van der Waals surface area contributed by atoms with Crippen LogP contribution in [0.3, 0.4) is 0 Å². The van der Waals surface area contributed by atoms with Gasteiger partial charge in [0.05, 0.1) is 10.7 Å². The SMILES string of the molecule is C#CCOP(C)(=O)C(CC)Oc1cc(N)c(F)cc1Cl. The van der Waals surface area contributed by atoms with E-state index in [9.17, 15) is 8.96 Å². The summed E-state index contributed by atoms with van der Waals surface area (Å²) in [7, 11) is -3.09. The zero-order valence-corrected chi connectivity index (χ0v) is 12.9. The number of anilines is 1. The first-order chi connectivity index (χ1) is 9.31. The van der Waals surface area contributed by atoms with Gasteiger partial charge in [-0.15, -0.1) is 6.42 Å². The molecule has 0 aliphatic heterocycles. The first-order valence-corrected chi connectivity index (χ1v) is 8.40. The van der Waals surface area contributed by atoms with Crippen LogP contribution in [-0.2, 0) is 9.09 Å². The fourth-order valence-corrected chi connectivity index (χ4v) is 3.20. The maximum atomic E-state index is 13.2. The minimum absolute atomic E-state index is 0.0482. The number of hydrogen-bond acceptors (Lipinski definition) is 4. The molecule has 2 atom stereocenters. The summed E-state index contributed by atoms with van der Waals surface area (Å²) < 4.78 is 36.3. The number of nitrogen functional groups attached to an aromatic ring is 1. The number of rotatable bonds is 6. The molecule has 0 aliphatic rings. The lowest BCUT2D eigenvalue weighted by atomic mass is 10.3. The molecule has 0 radical (unpaired) electrons. The number of halogens is 2. The van der Waals surface area contributed by atoms with Crippen LogP contribution in [0.5, 0.6) is 5.75 Å². The smallest absolute Gasteiger partial charge is 0.240 e. The van der Waals surface area contributed by atoms with Crippen molar-refractivity contribution in [2.45, 2.75) is 19.2 Å². The average Bonchev–Trinajstić information content (AvgIpc) is 2.38. The molecule has 20 heavy (non-hydrogen) atoms. The summed E-state index contributed by atoms with van der Waals surface area (Å²) in [5, 5.41) is 0.0482. The second-order valence-electron chi connectivity index (χ2n) is 4.17. The van der Waals surface area contributed by atoms with Gasteiger partial charge >= 0.3 is 0 Å². The molecule has 4 nitrogen and oxygen atoms in total. The summed E-state index contributed by atoms with van der Waals surface area (Å²) in [4.78, 5) is 0. The molecule has 1 aromatic rings. The van der Waals surface area contributed by atoms with Gasteiger partial charge in [-0.05, 0) is 12.5 Å². The van der Waals surface area contributed by atoms with Gasteiger partial charge < -0.3 is 15.0 Å². The summed E-state index contributed by atoms with van der Waals surface area (Å²) in [6, 6.07) is 2.29. The maximum absolute atomic E-state index is 13.2. The molecule has 0 heterocycles. The molecule has 0 aromatic heterocycles. The number of ether oxygens (including phenoxy) is 1. The highest BCUT2D eigenvalue weighted by molar-refractivity contribution is 7.58. The van der Waals surface area contributed by atoms with Crippen LogP contribution in [0, 0.1) is 18.2 Å². The Hall–Kier alpha value is -1.21. The van der Waals surface area contributed by atoms with Gasteiger partial charge in [-0.3, -0.25) is 4.57 Å². The third-order valence-electron chi connectivity index (χ3n) is 2.59. The Kier molecular flexibility index (Phi) is 5.88. The quantitative estimate of drug-likeness (QED) is 0.493. The fourth-order valence-electron chi connectivity index (χ4n) is 1.54. The van der Waals surface area contributed by atoms with Crippen LogP contribution >= 0.6 is 19.0 Å². The van der Waals surface area contributed by atoms with Crippen molar-refractivity contribution in [3.8, 4) is 18.1 Å². The van der Waals surface area contributed by atoms with Crippen molar-refractivity contribution in [2.75, 3.05) is 19.0 Å². The molecule has 0 aliphatic carbocycles. The van der Waals surface area contributed by atoms with Gasteiger partial charge in [0, 0.05) is 12.7 Å². The highest BCUT2D eigenvalue weighted by Crippen LogP contribution is 2.50. The zero-order chi connectivity index (χ0) is 15.3. The van der Waals surface area contributed by atoms with E-state index in [4.69, 9.17) is 33.0 Å². The number of nitrogens with two attached hydrogens (primary N) is 1. The van der Waals surface area contributed by atoms with Crippen molar-refractivity contribution in [2.24, 2.45) is 0 Å². The molecule has 110 valence electrons. The molecule has 1 rings (SSSR count). The molecular weight excluding hydrogens is 304 g/mol. The van der Waals surface area contributed by atoms with Crippen LogP contribution in [0.2, 0.25) is 5.02 Å². The monoisotopic (exact) mass is 319 g/mol. The summed E-state index contributed by atoms with van der Waals surface area (Å²) in [6.07, 6.45) is 5.48. The van der Waals surface area contributed by atoms with Crippen molar-refractivity contribution in [1.82, 2.24) is 0 Å². The van der Waals surface area contributed by atoms with E-state index in [2.05, 4.69) is 5.92 Å². The Morgan fingerprint density at radius 2 is 2.25 bits per heavy atom. The first kappa shape index (κ1) is 16.8. The molecule has 1 aromatic carbocycles. The zero-order valence-electron chi connectivity index (χ0n) is 11.2. The van der Waals surface area contributed by atoms with Gasteiger partial charge in [-0.2, -0.15) is 0 Å². The standard InChI is InChI=1S/C13H16ClFNO3P/c1-4-6-18-20(3,17)13(5-2)19-12-8-11(16)10(15)7-9(12)14/h1,7-8,13H,5-6,16H2,2-3H3. The Morgan fingerprint density at radius 1 is 1.60 bits per heavy atom. The first-order valence-electron chi connectivity index (χ1n) is 5.88. The van der Waals surface area contributed by atoms with Gasteiger partial charge in [0.15, 0.2) is 5.85 Å². The van der Waals surface area contributed by atoms with Crippen LogP contribution in [0.15, 0.2) is 12.1 Å². The van der Waals surface area contributed by atoms with Crippen molar-refractivity contribution in [1.29, 1.82) is 0 Å². The third kappa shape index (κ3) is 4.14. The molecule has 7 heteroatoms. The predicted octanol–water partition coefficient (Wildman–Crippen LogP) is 3.73. The van der Waals surface area contributed by atoms with Crippen molar-refractivity contribution in [3.63, 3.8) is 0 Å². The molecule has 0 saturated heterocycles. The Labute approximate surface area is 122 Å². The maximum Gasteiger partial charge on any atom is 0.240 e. The van der Waals surface area contributed by atoms with Crippen LogP contribution in [-0.4, -0.2) is 19.1 Å². The van der Waals surface area contributed by atoms with Crippen molar-refractivity contribution < 1.29 is 18.2 Å². The third-order valence-corrected chi connectivity index (χ3v) is 5.04. The van der Waals surface area contributed by atoms with Gasteiger partial charge in [0.2, 0.25) is 7.37 Å². The molecule has 0 fully saturated rings. The van der Waals surface area contributed by atoms with Crippen LogP contribution in [0.4, 0.5) is 10.1 Å². The number of terminal acetylenes is 1. The van der Waals surface area contributed by atoms with Crippen molar-refractivity contribution in [3.05, 3.63) is 23.0 Å². The molecule has 0 saturated carbocycles. The number of benzene rings is 1. The van der Waals surface area contributed by atoms with Gasteiger partial charge in [0.1, 0.15) is 18.2 Å². The fraction of sp³-hybridized carbons (Fsp3) is 0.385. The van der Waals surface area contributed by atoms with Crippen molar-refractivity contribution >= 4 is 24.7 Å². The lowest BCUT2D eigenvalue weighted by molar-refractivity contribution is 0.234. The molecule has 2 unspecified atom stereocenters. The molecular formula is C13H16ClFNO3P. The molecule has 2 N–H and O–H groups in total. The van der Waals surface area contributed by atoms with Crippen LogP contribution in [0.1, 0.15) is 13.3 Å². The molecule has 0 amide bonds. The van der Waals surface area contributed by atoms with E-state index >= 15 is 0 Å². The normalized spacial score (nSPS) is 15.2. The molecule has 0 spiro atoms. The lowest BCUT2D eigenvalue weighted by Crippen LogP contribution is -2.17. The topological polar surface area (TPSA) is 61.5 Å². The second kappa shape index (κ2) is 6.99. The van der Waals surface area contributed by atoms with Crippen LogP contribution < -0.4 is 10.5 Å². The minimum Gasteiger partial charge on any atom is -0.479 e. The van der Waals surface area contributed by atoms with E-state index in [0.717, 1.165) is 6.07 Å². The van der Waals surface area contributed by atoms with E-state index in [1.807, 2.05) is 0 Å². The van der Waals surface area contributed by atoms with Gasteiger partial charge in [0.25, 0.3) is 0 Å². The van der Waals surface area contributed by atoms with E-state index in [1.165, 1.54) is 12.7 Å². The predicted molar refractivity (Wildman–Crippen MR) is 78.8 cm³/mol. The van der Waals surface area contributed by atoms with E-state index in [0.29, 0.717) is 6.42 Å². The summed E-state index contributed by atoms with van der Waals surface area (Å²) in [5.41, 5.74) is 5.35. The van der Waals surface area contributed by atoms with E-state index < -0.39 is 19.0 Å². The number of hydrogen-bond donors (Lipinski definition) is 1.